The Morgan fingerprint density at radius 2 is 1.84 bits per heavy atom. The van der Waals surface area contributed by atoms with Crippen LogP contribution in [0.5, 0.6) is 0 Å². The van der Waals surface area contributed by atoms with Gasteiger partial charge in [-0.1, -0.05) is 43.5 Å². The highest BCUT2D eigenvalue weighted by molar-refractivity contribution is 5.94. The number of hydrogen-bond acceptors (Lipinski definition) is 4. The highest BCUT2D eigenvalue weighted by Gasteiger charge is 2.32. The predicted molar refractivity (Wildman–Crippen MR) is 123 cm³/mol. The number of carbonyl (C=O) groups is 2. The lowest BCUT2D eigenvalue weighted by Gasteiger charge is -2.34. The van der Waals surface area contributed by atoms with Crippen LogP contribution < -0.4 is 11.1 Å². The summed E-state index contributed by atoms with van der Waals surface area (Å²) in [5, 5.41) is 12.8. The Morgan fingerprint density at radius 1 is 1.16 bits per heavy atom. The highest BCUT2D eigenvalue weighted by Crippen LogP contribution is 2.36. The Bertz CT molecular complexity index is 1070. The summed E-state index contributed by atoms with van der Waals surface area (Å²) in [5.74, 6) is -0.0728. The standard InChI is InChI=1S/C25H31N5O2/c1-16-17(2)30(20-10-4-3-5-11-20)25(21(16)13-26)28-23(31)15-29-14-19-9-7-6-8-18(19)12-22(29)24(27)32/h6-9,20,22H,3-5,10-12,14-15H2,1-2H3,(H2,27,32)(H,28,31)/t22-/m0/s1. The molecule has 168 valence electrons. The summed E-state index contributed by atoms with van der Waals surface area (Å²) in [4.78, 5) is 27.1. The predicted octanol–water partition coefficient (Wildman–Crippen LogP) is 3.33. The Balaban J connectivity index is 1.58. The van der Waals surface area contributed by atoms with Crippen LogP contribution in [0.2, 0.25) is 0 Å². The molecule has 2 amide bonds. The Hall–Kier alpha value is -3.11. The molecule has 7 heteroatoms. The zero-order valence-electron chi connectivity index (χ0n) is 18.9. The Kier molecular flexibility index (Phi) is 6.33. The fourth-order valence-corrected chi connectivity index (χ4v) is 5.26. The van der Waals surface area contributed by atoms with E-state index in [0.717, 1.165) is 48.1 Å². The maximum atomic E-state index is 13.2. The summed E-state index contributed by atoms with van der Waals surface area (Å²) in [7, 11) is 0. The van der Waals surface area contributed by atoms with Gasteiger partial charge in [0.2, 0.25) is 11.8 Å². The average Bonchev–Trinajstić information content (AvgIpc) is 3.02. The minimum Gasteiger partial charge on any atom is -0.368 e. The molecule has 2 aromatic rings. The van der Waals surface area contributed by atoms with E-state index in [1.807, 2.05) is 43.0 Å². The zero-order valence-corrected chi connectivity index (χ0v) is 18.9. The van der Waals surface area contributed by atoms with Gasteiger partial charge in [-0.2, -0.15) is 5.26 Å². The van der Waals surface area contributed by atoms with E-state index in [1.165, 1.54) is 6.42 Å². The van der Waals surface area contributed by atoms with Crippen LogP contribution in [0.1, 0.15) is 66.1 Å². The zero-order chi connectivity index (χ0) is 22.8. The summed E-state index contributed by atoms with van der Waals surface area (Å²) in [6.45, 7) is 4.49. The molecule has 1 aliphatic heterocycles. The maximum absolute atomic E-state index is 13.2. The molecule has 4 rings (SSSR count). The number of nitrogens with one attached hydrogen (secondary N) is 1. The molecule has 32 heavy (non-hydrogen) atoms. The van der Waals surface area contributed by atoms with Crippen LogP contribution in [0.3, 0.4) is 0 Å². The van der Waals surface area contributed by atoms with Crippen LogP contribution in [0.25, 0.3) is 0 Å². The summed E-state index contributed by atoms with van der Waals surface area (Å²) in [5.41, 5.74) is 10.3. The fraction of sp³-hybridized carbons (Fsp3) is 0.480. The summed E-state index contributed by atoms with van der Waals surface area (Å²) in [6.07, 6.45) is 6.14. The molecule has 0 bridgehead atoms. The van der Waals surface area contributed by atoms with Gasteiger partial charge in [0.1, 0.15) is 11.9 Å². The summed E-state index contributed by atoms with van der Waals surface area (Å²) < 4.78 is 2.15. The lowest BCUT2D eigenvalue weighted by molar-refractivity contribution is -0.125. The van der Waals surface area contributed by atoms with Crippen LogP contribution in [0.4, 0.5) is 5.82 Å². The first kappa shape index (κ1) is 22.1. The first-order valence-corrected chi connectivity index (χ1v) is 11.4. The van der Waals surface area contributed by atoms with Crippen molar-refractivity contribution in [2.75, 3.05) is 11.9 Å². The topological polar surface area (TPSA) is 104 Å². The SMILES string of the molecule is Cc1c(C#N)c(NC(=O)CN2Cc3ccccc3C[C@H]2C(N)=O)n(C2CCCCC2)c1C. The first-order chi connectivity index (χ1) is 15.4. The molecule has 3 N–H and O–H groups in total. The molecular weight excluding hydrogens is 402 g/mol. The first-order valence-electron chi connectivity index (χ1n) is 11.4. The largest absolute Gasteiger partial charge is 0.368 e. The fourth-order valence-electron chi connectivity index (χ4n) is 5.26. The quantitative estimate of drug-likeness (QED) is 0.755. The number of amides is 2. The van der Waals surface area contributed by atoms with Gasteiger partial charge in [-0.25, -0.2) is 0 Å². The molecule has 0 radical (unpaired) electrons. The van der Waals surface area contributed by atoms with Crippen molar-refractivity contribution in [2.24, 2.45) is 5.73 Å². The number of carbonyl (C=O) groups excluding carboxylic acids is 2. The average molecular weight is 434 g/mol. The molecule has 1 aromatic carbocycles. The van der Waals surface area contributed by atoms with Gasteiger partial charge in [-0.3, -0.25) is 14.5 Å². The second-order valence-corrected chi connectivity index (χ2v) is 9.05. The third-order valence-corrected chi connectivity index (χ3v) is 7.09. The van der Waals surface area contributed by atoms with E-state index in [4.69, 9.17) is 5.73 Å². The van der Waals surface area contributed by atoms with Gasteiger partial charge in [0.15, 0.2) is 0 Å². The monoisotopic (exact) mass is 433 g/mol. The van der Waals surface area contributed by atoms with Crippen LogP contribution in [0, 0.1) is 25.2 Å². The molecule has 0 spiro atoms. The molecule has 0 saturated heterocycles. The number of nitriles is 1. The molecule has 1 fully saturated rings. The lowest BCUT2D eigenvalue weighted by Crippen LogP contribution is -2.51. The van der Waals surface area contributed by atoms with Crippen LogP contribution in [0.15, 0.2) is 24.3 Å². The van der Waals surface area contributed by atoms with Crippen LogP contribution in [-0.4, -0.2) is 33.9 Å². The normalized spacial score (nSPS) is 19.2. The van der Waals surface area contributed by atoms with E-state index in [1.54, 1.807) is 0 Å². The van der Waals surface area contributed by atoms with Crippen LogP contribution in [-0.2, 0) is 22.6 Å². The van der Waals surface area contributed by atoms with E-state index in [9.17, 15) is 14.9 Å². The number of aromatic nitrogens is 1. The van der Waals surface area contributed by atoms with Crippen molar-refractivity contribution in [1.82, 2.24) is 9.47 Å². The van der Waals surface area contributed by atoms with Gasteiger partial charge in [-0.05, 0) is 49.8 Å². The number of fused-ring (bicyclic) bond motifs is 1. The molecule has 2 heterocycles. The number of primary amides is 1. The second kappa shape index (κ2) is 9.17. The summed E-state index contributed by atoms with van der Waals surface area (Å²) >= 11 is 0. The minimum atomic E-state index is -0.528. The van der Waals surface area contributed by atoms with Crippen molar-refractivity contribution in [3.63, 3.8) is 0 Å². The van der Waals surface area contributed by atoms with Crippen molar-refractivity contribution < 1.29 is 9.59 Å². The van der Waals surface area contributed by atoms with Gasteiger partial charge in [0.25, 0.3) is 0 Å². The third kappa shape index (κ3) is 4.15. The van der Waals surface area contributed by atoms with E-state index in [2.05, 4.69) is 16.0 Å². The third-order valence-electron chi connectivity index (χ3n) is 7.09. The van der Waals surface area contributed by atoms with Gasteiger partial charge in [-0.15, -0.1) is 0 Å². The van der Waals surface area contributed by atoms with Crippen molar-refractivity contribution in [3.05, 3.63) is 52.2 Å². The minimum absolute atomic E-state index is 0.0424. The molecule has 1 atom stereocenters. The molecule has 0 unspecified atom stereocenters. The van der Waals surface area contributed by atoms with Gasteiger partial charge in [0, 0.05) is 18.3 Å². The van der Waals surface area contributed by atoms with E-state index < -0.39 is 11.9 Å². The number of rotatable bonds is 5. The van der Waals surface area contributed by atoms with E-state index >= 15 is 0 Å². The van der Waals surface area contributed by atoms with Gasteiger partial charge >= 0.3 is 0 Å². The maximum Gasteiger partial charge on any atom is 0.239 e. The molecule has 2 aliphatic rings. The van der Waals surface area contributed by atoms with Crippen molar-refractivity contribution >= 4 is 17.6 Å². The Labute approximate surface area is 189 Å². The number of nitrogens with two attached hydrogens (primary N) is 1. The van der Waals surface area contributed by atoms with Crippen molar-refractivity contribution in [2.45, 2.75) is 71.0 Å². The number of anilines is 1. The van der Waals surface area contributed by atoms with Gasteiger partial charge < -0.3 is 15.6 Å². The lowest BCUT2D eigenvalue weighted by atomic mass is 9.93. The second-order valence-electron chi connectivity index (χ2n) is 9.05. The number of benzene rings is 1. The van der Waals surface area contributed by atoms with Gasteiger partial charge in [0.05, 0.1) is 18.2 Å². The highest BCUT2D eigenvalue weighted by atomic mass is 16.2. The molecule has 1 aromatic heterocycles. The number of hydrogen-bond donors (Lipinski definition) is 2. The summed E-state index contributed by atoms with van der Waals surface area (Å²) in [6, 6.07) is 9.99. The van der Waals surface area contributed by atoms with Crippen LogP contribution >= 0.6 is 0 Å². The smallest absolute Gasteiger partial charge is 0.239 e. The molecule has 1 aliphatic carbocycles. The van der Waals surface area contributed by atoms with Crippen molar-refractivity contribution in [1.29, 1.82) is 5.26 Å². The van der Waals surface area contributed by atoms with Crippen molar-refractivity contribution in [3.8, 4) is 6.07 Å². The molecular formula is C25H31N5O2. The molecule has 1 saturated carbocycles. The Morgan fingerprint density at radius 3 is 2.50 bits per heavy atom. The van der Waals surface area contributed by atoms with E-state index in [-0.39, 0.29) is 12.5 Å². The number of nitrogens with zero attached hydrogens (tertiary/aromatic N) is 3. The van der Waals surface area contributed by atoms with E-state index in [0.29, 0.717) is 30.4 Å². The molecule has 7 nitrogen and oxygen atoms in total.